The van der Waals surface area contributed by atoms with Gasteiger partial charge in [-0.05, 0) is 30.5 Å². The van der Waals surface area contributed by atoms with Crippen molar-refractivity contribution in [3.05, 3.63) is 107 Å². The first-order chi connectivity index (χ1) is 13.1. The Bertz CT molecular complexity index is 847. The van der Waals surface area contributed by atoms with Crippen molar-refractivity contribution in [1.29, 1.82) is 0 Å². The second kappa shape index (κ2) is 9.43. The molecule has 3 aromatic rings. The summed E-state index contributed by atoms with van der Waals surface area (Å²) in [6, 6.07) is 28.6. The summed E-state index contributed by atoms with van der Waals surface area (Å²) in [5.41, 5.74) is 4.64. The summed E-state index contributed by atoms with van der Waals surface area (Å²) < 4.78 is 0. The zero-order chi connectivity index (χ0) is 19.1. The van der Waals surface area contributed by atoms with Crippen LogP contribution in [0.1, 0.15) is 35.2 Å². The Hall–Kier alpha value is -2.52. The maximum Gasteiger partial charge on any atom is 0.233 e. The van der Waals surface area contributed by atoms with Crippen LogP contribution in [0.15, 0.2) is 84.9 Å². The highest BCUT2D eigenvalue weighted by Gasteiger charge is 2.20. The molecule has 0 aliphatic heterocycles. The molecule has 0 aliphatic carbocycles. The van der Waals surface area contributed by atoms with Gasteiger partial charge in [0.15, 0.2) is 0 Å². The van der Waals surface area contributed by atoms with Crippen molar-refractivity contribution in [2.75, 3.05) is 0 Å². The van der Waals surface area contributed by atoms with Crippen LogP contribution in [0.3, 0.4) is 0 Å². The minimum absolute atomic E-state index is 0.0605. The lowest BCUT2D eigenvalue weighted by molar-refractivity contribution is -0.120. The van der Waals surface area contributed by atoms with E-state index in [9.17, 15) is 4.79 Å². The molecule has 2 atom stereocenters. The third kappa shape index (κ3) is 5.48. The summed E-state index contributed by atoms with van der Waals surface area (Å²) in [5, 5.41) is 3.12. The molecule has 2 nitrogen and oxygen atoms in total. The molecule has 1 amide bonds. The number of nitrogens with one attached hydrogen (secondary N) is 1. The fraction of sp³-hybridized carbons (Fsp3) is 0.208. The fourth-order valence-corrected chi connectivity index (χ4v) is 3.75. The van der Waals surface area contributed by atoms with Crippen LogP contribution in [-0.2, 0) is 10.5 Å². The molecular formula is C24H25NOS. The normalized spacial score (nSPS) is 13.0. The highest BCUT2D eigenvalue weighted by atomic mass is 32.2. The second-order valence-corrected chi connectivity index (χ2v) is 8.03. The van der Waals surface area contributed by atoms with Gasteiger partial charge in [-0.2, -0.15) is 0 Å². The number of rotatable bonds is 7. The van der Waals surface area contributed by atoms with Crippen molar-refractivity contribution in [2.45, 2.75) is 30.9 Å². The van der Waals surface area contributed by atoms with Crippen molar-refractivity contribution in [1.82, 2.24) is 5.32 Å². The molecule has 0 heterocycles. The smallest absolute Gasteiger partial charge is 0.233 e. The maximum absolute atomic E-state index is 12.9. The molecule has 0 fully saturated rings. The number of carbonyl (C=O) groups excluding carboxylic acids is 1. The fourth-order valence-electron chi connectivity index (χ4n) is 2.89. The molecule has 3 heteroatoms. The van der Waals surface area contributed by atoms with E-state index in [1.165, 1.54) is 11.1 Å². The topological polar surface area (TPSA) is 29.1 Å². The van der Waals surface area contributed by atoms with Gasteiger partial charge in [0, 0.05) is 5.75 Å². The molecule has 3 aromatic carbocycles. The molecule has 0 radical (unpaired) electrons. The molecule has 0 saturated carbocycles. The first-order valence-corrected chi connectivity index (χ1v) is 10.3. The van der Waals surface area contributed by atoms with Gasteiger partial charge in [-0.3, -0.25) is 4.79 Å². The summed E-state index contributed by atoms with van der Waals surface area (Å²) in [7, 11) is 0. The van der Waals surface area contributed by atoms with E-state index >= 15 is 0 Å². The van der Waals surface area contributed by atoms with Crippen molar-refractivity contribution < 1.29 is 4.79 Å². The Morgan fingerprint density at radius 2 is 1.41 bits per heavy atom. The molecule has 138 valence electrons. The molecule has 1 N–H and O–H groups in total. The molecular weight excluding hydrogens is 350 g/mol. The molecule has 0 aliphatic rings. The van der Waals surface area contributed by atoms with Gasteiger partial charge < -0.3 is 5.32 Å². The van der Waals surface area contributed by atoms with Crippen LogP contribution in [0.4, 0.5) is 0 Å². The van der Waals surface area contributed by atoms with Crippen molar-refractivity contribution >= 4 is 17.7 Å². The number of aryl methyl sites for hydroxylation is 1. The van der Waals surface area contributed by atoms with E-state index in [1.54, 1.807) is 11.8 Å². The van der Waals surface area contributed by atoms with Gasteiger partial charge in [0.2, 0.25) is 5.91 Å². The predicted octanol–water partition coefficient (Wildman–Crippen LogP) is 5.52. The third-order valence-corrected chi connectivity index (χ3v) is 5.76. The number of hydrogen-bond donors (Lipinski definition) is 1. The van der Waals surface area contributed by atoms with Gasteiger partial charge in [-0.1, -0.05) is 90.5 Å². The predicted molar refractivity (Wildman–Crippen MR) is 115 cm³/mol. The first kappa shape index (κ1) is 19.2. The highest BCUT2D eigenvalue weighted by molar-refractivity contribution is 7.99. The van der Waals surface area contributed by atoms with E-state index in [1.807, 2.05) is 43.3 Å². The number of benzene rings is 3. The summed E-state index contributed by atoms with van der Waals surface area (Å²) in [6.07, 6.45) is 0. The molecule has 0 saturated heterocycles. The molecule has 0 spiro atoms. The minimum Gasteiger partial charge on any atom is -0.344 e. The molecule has 2 unspecified atom stereocenters. The highest BCUT2D eigenvalue weighted by Crippen LogP contribution is 2.24. The van der Waals surface area contributed by atoms with Crippen LogP contribution in [0.5, 0.6) is 0 Å². The maximum atomic E-state index is 12.9. The summed E-state index contributed by atoms with van der Waals surface area (Å²) >= 11 is 1.66. The Morgan fingerprint density at radius 3 is 2.04 bits per heavy atom. The number of carbonyl (C=O) groups is 1. The van der Waals surface area contributed by atoms with Gasteiger partial charge in [-0.15, -0.1) is 11.8 Å². The van der Waals surface area contributed by atoms with Crippen LogP contribution in [0.2, 0.25) is 0 Å². The van der Waals surface area contributed by atoms with Crippen molar-refractivity contribution in [3.63, 3.8) is 0 Å². The standard InChI is InChI=1S/C24H25NOS/c1-18-13-15-22(16-14-18)23(21-11-7-4-8-12-21)25-24(26)19(2)27-17-20-9-5-3-6-10-20/h3-16,19,23H,17H2,1-2H3,(H,25,26). The van der Waals surface area contributed by atoms with E-state index in [0.717, 1.165) is 16.9 Å². The number of amides is 1. The minimum atomic E-state index is -0.140. The van der Waals surface area contributed by atoms with Crippen LogP contribution in [0, 0.1) is 6.92 Å². The monoisotopic (exact) mass is 375 g/mol. The van der Waals surface area contributed by atoms with Gasteiger partial charge in [0.05, 0.1) is 11.3 Å². The van der Waals surface area contributed by atoms with Gasteiger partial charge >= 0.3 is 0 Å². The quantitative estimate of drug-likeness (QED) is 0.589. The van der Waals surface area contributed by atoms with E-state index in [0.29, 0.717) is 0 Å². The van der Waals surface area contributed by atoms with Gasteiger partial charge in [0.1, 0.15) is 0 Å². The molecule has 27 heavy (non-hydrogen) atoms. The van der Waals surface area contributed by atoms with E-state index in [4.69, 9.17) is 0 Å². The Labute approximate surface area is 166 Å². The largest absolute Gasteiger partial charge is 0.344 e. The number of thioether (sulfide) groups is 1. The van der Waals surface area contributed by atoms with Crippen molar-refractivity contribution in [3.8, 4) is 0 Å². The summed E-state index contributed by atoms with van der Waals surface area (Å²) in [4.78, 5) is 12.9. The van der Waals surface area contributed by atoms with Crippen LogP contribution >= 0.6 is 11.8 Å². The second-order valence-electron chi connectivity index (χ2n) is 6.70. The zero-order valence-corrected chi connectivity index (χ0v) is 16.6. The van der Waals surface area contributed by atoms with Gasteiger partial charge in [-0.25, -0.2) is 0 Å². The lowest BCUT2D eigenvalue weighted by Gasteiger charge is -2.22. The van der Waals surface area contributed by atoms with E-state index < -0.39 is 0 Å². The van der Waals surface area contributed by atoms with E-state index in [-0.39, 0.29) is 17.2 Å². The van der Waals surface area contributed by atoms with E-state index in [2.05, 4.69) is 60.8 Å². The average molecular weight is 376 g/mol. The summed E-state index contributed by atoms with van der Waals surface area (Å²) in [5.74, 6) is 0.890. The van der Waals surface area contributed by atoms with Crippen LogP contribution in [-0.4, -0.2) is 11.2 Å². The Morgan fingerprint density at radius 1 is 0.852 bits per heavy atom. The molecule has 0 bridgehead atoms. The molecule has 0 aromatic heterocycles. The lowest BCUT2D eigenvalue weighted by Crippen LogP contribution is -2.35. The zero-order valence-electron chi connectivity index (χ0n) is 15.8. The SMILES string of the molecule is Cc1ccc(C(NC(=O)C(C)SCc2ccccc2)c2ccccc2)cc1. The molecule has 3 rings (SSSR count). The van der Waals surface area contributed by atoms with Gasteiger partial charge in [0.25, 0.3) is 0 Å². The van der Waals surface area contributed by atoms with Crippen molar-refractivity contribution in [2.24, 2.45) is 0 Å². The average Bonchev–Trinajstić information content (AvgIpc) is 2.72. The lowest BCUT2D eigenvalue weighted by atomic mass is 9.97. The Kier molecular flexibility index (Phi) is 6.72. The third-order valence-electron chi connectivity index (χ3n) is 4.54. The summed E-state index contributed by atoms with van der Waals surface area (Å²) in [6.45, 7) is 4.04. The van der Waals surface area contributed by atoms with Crippen LogP contribution < -0.4 is 5.32 Å². The Balaban J connectivity index is 1.71. The number of hydrogen-bond acceptors (Lipinski definition) is 2. The first-order valence-electron chi connectivity index (χ1n) is 9.21. The van der Waals surface area contributed by atoms with Crippen LogP contribution in [0.25, 0.3) is 0 Å².